The Kier molecular flexibility index (Phi) is 6.14. The number of hydrogen-bond acceptors (Lipinski definition) is 6. The van der Waals surface area contributed by atoms with Crippen molar-refractivity contribution in [3.8, 4) is 0 Å². The first kappa shape index (κ1) is 23.2. The summed E-state index contributed by atoms with van der Waals surface area (Å²) < 4.78 is 0. The van der Waals surface area contributed by atoms with Gasteiger partial charge in [-0.15, -0.1) is 0 Å². The smallest absolute Gasteiger partial charge is 0.405 e. The Balaban J connectivity index is 1.64. The zero-order chi connectivity index (χ0) is 23.1. The van der Waals surface area contributed by atoms with Crippen LogP contribution in [0.1, 0.15) is 41.0 Å². The van der Waals surface area contributed by atoms with Crippen LogP contribution < -0.4 is 5.32 Å². The van der Waals surface area contributed by atoms with E-state index in [-0.39, 0.29) is 17.2 Å². The molecule has 0 aromatic carbocycles. The number of fused-ring (bicyclic) bond motifs is 1. The Morgan fingerprint density at radius 1 is 1.10 bits per heavy atom. The highest BCUT2D eigenvalue weighted by Gasteiger charge is 2.44. The first-order chi connectivity index (χ1) is 14.3. The average Bonchev–Trinajstić information content (AvgIpc) is 3.14. The van der Waals surface area contributed by atoms with Gasteiger partial charge >= 0.3 is 6.09 Å². The molecule has 0 aromatic heterocycles. The molecule has 2 N–H and O–H groups in total. The predicted molar refractivity (Wildman–Crippen MR) is 115 cm³/mol. The van der Waals surface area contributed by atoms with Gasteiger partial charge in [-0.3, -0.25) is 9.59 Å². The molecule has 174 valence electrons. The molecule has 2 saturated heterocycles. The second-order valence-electron chi connectivity index (χ2n) is 10.7. The van der Waals surface area contributed by atoms with Crippen LogP contribution in [0.15, 0.2) is 11.9 Å². The van der Waals surface area contributed by atoms with Crippen molar-refractivity contribution in [1.29, 1.82) is 0 Å². The fraction of sp³-hybridized carbons (Fsp3) is 0.762. The van der Waals surface area contributed by atoms with Crippen LogP contribution in [0.3, 0.4) is 0 Å². The van der Waals surface area contributed by atoms with Gasteiger partial charge in [0.1, 0.15) is 18.4 Å². The number of nitrogens with zero attached hydrogens (tertiary/aromatic N) is 5. The monoisotopic (exact) mass is 436 g/mol. The van der Waals surface area contributed by atoms with E-state index in [4.69, 9.17) is 0 Å². The lowest BCUT2D eigenvalue weighted by Crippen LogP contribution is -2.61. The number of piperazine rings is 1. The van der Waals surface area contributed by atoms with Crippen molar-refractivity contribution in [2.24, 2.45) is 10.8 Å². The molecular formula is C21H36N6O4. The number of hydrazine groups is 1. The molecule has 1 atom stereocenters. The summed E-state index contributed by atoms with van der Waals surface area (Å²) in [5.74, 6) is -0.213. The van der Waals surface area contributed by atoms with Crippen molar-refractivity contribution in [2.45, 2.75) is 47.1 Å². The van der Waals surface area contributed by atoms with Gasteiger partial charge < -0.3 is 25.1 Å². The van der Waals surface area contributed by atoms with Crippen LogP contribution in [0.25, 0.3) is 0 Å². The highest BCUT2D eigenvalue weighted by molar-refractivity contribution is 5.94. The number of hydrogen-bond donors (Lipinski definition) is 2. The standard InChI is InChI=1S/C21H36N6O4/c1-20(2,3)12-21(4,5)16(22-19(30)31)18(29)24-7-9-26(10-8-24)27-14-25-13-23(6)11-15(25)17(27)28/h11,16,22H,7-10,12-14H2,1-6H3,(H,30,31)/t16-/m0/s1. The van der Waals surface area contributed by atoms with E-state index in [0.29, 0.717) is 51.6 Å². The maximum atomic E-state index is 13.3. The van der Waals surface area contributed by atoms with Gasteiger partial charge in [0.2, 0.25) is 5.91 Å². The lowest BCUT2D eigenvalue weighted by Gasteiger charge is -2.43. The number of carboxylic acid groups (broad SMARTS) is 1. The van der Waals surface area contributed by atoms with Gasteiger partial charge in [0.15, 0.2) is 0 Å². The highest BCUT2D eigenvalue weighted by atomic mass is 16.4. The first-order valence-corrected chi connectivity index (χ1v) is 10.8. The largest absolute Gasteiger partial charge is 0.465 e. The van der Waals surface area contributed by atoms with Crippen LogP contribution in [0.2, 0.25) is 0 Å². The molecule has 10 nitrogen and oxygen atoms in total. The first-order valence-electron chi connectivity index (χ1n) is 10.8. The van der Waals surface area contributed by atoms with Crippen LogP contribution in [-0.2, 0) is 9.59 Å². The van der Waals surface area contributed by atoms with Crippen LogP contribution in [0.4, 0.5) is 4.79 Å². The van der Waals surface area contributed by atoms with Crippen molar-refractivity contribution in [1.82, 2.24) is 30.0 Å². The van der Waals surface area contributed by atoms with Crippen LogP contribution in [0, 0.1) is 10.8 Å². The minimum absolute atomic E-state index is 0.0131. The van der Waals surface area contributed by atoms with Gasteiger partial charge in [-0.2, -0.15) is 0 Å². The molecule has 3 aliphatic rings. The average molecular weight is 437 g/mol. The molecule has 0 unspecified atom stereocenters. The second-order valence-corrected chi connectivity index (χ2v) is 10.7. The van der Waals surface area contributed by atoms with E-state index in [9.17, 15) is 19.5 Å². The minimum Gasteiger partial charge on any atom is -0.465 e. The summed E-state index contributed by atoms with van der Waals surface area (Å²) in [6.07, 6.45) is 1.36. The van der Waals surface area contributed by atoms with Crippen molar-refractivity contribution >= 4 is 17.9 Å². The molecule has 3 rings (SSSR count). The lowest BCUT2D eigenvalue weighted by atomic mass is 9.71. The Morgan fingerprint density at radius 2 is 1.71 bits per heavy atom. The van der Waals surface area contributed by atoms with Crippen LogP contribution >= 0.6 is 0 Å². The van der Waals surface area contributed by atoms with Gasteiger partial charge in [0, 0.05) is 39.4 Å². The van der Waals surface area contributed by atoms with Crippen molar-refractivity contribution in [3.63, 3.8) is 0 Å². The van der Waals surface area contributed by atoms with Crippen molar-refractivity contribution in [3.05, 3.63) is 11.9 Å². The summed E-state index contributed by atoms with van der Waals surface area (Å²) in [4.78, 5) is 43.2. The summed E-state index contributed by atoms with van der Waals surface area (Å²) in [7, 11) is 1.94. The van der Waals surface area contributed by atoms with E-state index in [1.807, 2.05) is 41.9 Å². The zero-order valence-corrected chi connectivity index (χ0v) is 19.5. The molecule has 2 fully saturated rings. The summed E-state index contributed by atoms with van der Waals surface area (Å²) in [6.45, 7) is 13.3. The van der Waals surface area contributed by atoms with E-state index in [0.717, 1.165) is 0 Å². The van der Waals surface area contributed by atoms with E-state index < -0.39 is 17.6 Å². The molecule has 0 aromatic rings. The minimum atomic E-state index is -1.19. The van der Waals surface area contributed by atoms with Gasteiger partial charge in [-0.1, -0.05) is 34.6 Å². The number of amides is 3. The molecule has 0 bridgehead atoms. The molecule has 0 radical (unpaired) electrons. The van der Waals surface area contributed by atoms with Gasteiger partial charge in [0.05, 0.1) is 6.67 Å². The number of rotatable bonds is 5. The fourth-order valence-corrected chi connectivity index (χ4v) is 5.09. The summed E-state index contributed by atoms with van der Waals surface area (Å²) in [5.41, 5.74) is 0.113. The number of nitrogens with one attached hydrogen (secondary N) is 1. The molecule has 3 amide bonds. The molecule has 31 heavy (non-hydrogen) atoms. The summed E-state index contributed by atoms with van der Waals surface area (Å²) in [5, 5.41) is 15.6. The van der Waals surface area contributed by atoms with E-state index in [1.165, 1.54) is 0 Å². The third-order valence-electron chi connectivity index (χ3n) is 6.03. The lowest BCUT2D eigenvalue weighted by molar-refractivity contribution is -0.150. The highest BCUT2D eigenvalue weighted by Crippen LogP contribution is 2.36. The molecule has 10 heteroatoms. The zero-order valence-electron chi connectivity index (χ0n) is 19.5. The Hall–Kier alpha value is -2.49. The molecule has 3 heterocycles. The quantitative estimate of drug-likeness (QED) is 0.663. The molecule has 0 aliphatic carbocycles. The molecule has 3 aliphatic heterocycles. The normalized spacial score (nSPS) is 21.4. The summed E-state index contributed by atoms with van der Waals surface area (Å²) >= 11 is 0. The molecular weight excluding hydrogens is 400 g/mol. The summed E-state index contributed by atoms with van der Waals surface area (Å²) in [6, 6.07) is -0.824. The third kappa shape index (κ3) is 5.06. The second kappa shape index (κ2) is 8.22. The van der Waals surface area contributed by atoms with Crippen molar-refractivity contribution < 1.29 is 19.5 Å². The maximum Gasteiger partial charge on any atom is 0.405 e. The third-order valence-corrected chi connectivity index (χ3v) is 6.03. The SMILES string of the molecule is CN1C=C2C(=O)N(N3CCN(C(=O)[C@H](NC(=O)O)C(C)(C)CC(C)(C)C)CC3)CN2C1. The Morgan fingerprint density at radius 3 is 2.23 bits per heavy atom. The van der Waals surface area contributed by atoms with Gasteiger partial charge in [0.25, 0.3) is 5.91 Å². The van der Waals surface area contributed by atoms with Crippen LogP contribution in [0.5, 0.6) is 0 Å². The van der Waals surface area contributed by atoms with Gasteiger partial charge in [-0.25, -0.2) is 14.8 Å². The van der Waals surface area contributed by atoms with E-state index >= 15 is 0 Å². The maximum absolute atomic E-state index is 13.3. The van der Waals surface area contributed by atoms with Gasteiger partial charge in [-0.05, 0) is 17.3 Å². The Labute approximate surface area is 184 Å². The van der Waals surface area contributed by atoms with Crippen molar-refractivity contribution in [2.75, 3.05) is 46.6 Å². The van der Waals surface area contributed by atoms with E-state index in [1.54, 1.807) is 9.91 Å². The topological polar surface area (TPSA) is 99.7 Å². The van der Waals surface area contributed by atoms with Crippen LogP contribution in [-0.4, -0.2) is 100 Å². The Bertz CT molecular complexity index is 766. The number of carbonyl (C=O) groups is 3. The fourth-order valence-electron chi connectivity index (χ4n) is 5.09. The number of carbonyl (C=O) groups excluding carboxylic acids is 2. The molecule has 0 saturated carbocycles. The molecule has 0 spiro atoms. The predicted octanol–water partition coefficient (Wildman–Crippen LogP) is 0.990. The van der Waals surface area contributed by atoms with E-state index in [2.05, 4.69) is 26.1 Å².